The van der Waals surface area contributed by atoms with Crippen molar-refractivity contribution in [3.63, 3.8) is 0 Å². The second kappa shape index (κ2) is 7.74. The van der Waals surface area contributed by atoms with Gasteiger partial charge in [-0.05, 0) is 51.9 Å². The van der Waals surface area contributed by atoms with Gasteiger partial charge in [0.15, 0.2) is 0 Å². The van der Waals surface area contributed by atoms with Crippen molar-refractivity contribution in [3.8, 4) is 0 Å². The Morgan fingerprint density at radius 1 is 1.11 bits per heavy atom. The van der Waals surface area contributed by atoms with Gasteiger partial charge in [-0.1, -0.05) is 12.8 Å². The van der Waals surface area contributed by atoms with Gasteiger partial charge in [0.25, 0.3) is 0 Å². The maximum atomic E-state index is 12.0. The van der Waals surface area contributed by atoms with Gasteiger partial charge in [-0.2, -0.15) is 0 Å². The van der Waals surface area contributed by atoms with Crippen molar-refractivity contribution in [2.45, 2.75) is 38.5 Å². The average Bonchev–Trinajstić information content (AvgIpc) is 2.68. The zero-order chi connectivity index (χ0) is 12.6. The minimum absolute atomic E-state index is 0.246. The van der Waals surface area contributed by atoms with Crippen LogP contribution in [0.2, 0.25) is 0 Å². The zero-order valence-corrected chi connectivity index (χ0v) is 11.4. The van der Waals surface area contributed by atoms with Crippen LogP contribution in [-0.2, 0) is 4.79 Å². The van der Waals surface area contributed by atoms with Crippen LogP contribution in [-0.4, -0.2) is 50.1 Å². The normalized spacial score (nSPS) is 23.6. The van der Waals surface area contributed by atoms with E-state index in [1.807, 2.05) is 0 Å². The summed E-state index contributed by atoms with van der Waals surface area (Å²) in [4.78, 5) is 14.4. The van der Waals surface area contributed by atoms with E-state index in [0.29, 0.717) is 0 Å². The van der Waals surface area contributed by atoms with Gasteiger partial charge in [-0.15, -0.1) is 0 Å². The molecule has 0 aromatic carbocycles. The predicted molar refractivity (Wildman–Crippen MR) is 73.5 cm³/mol. The minimum Gasteiger partial charge on any atom is -0.355 e. The Hall–Kier alpha value is -0.610. The van der Waals surface area contributed by atoms with E-state index < -0.39 is 0 Å². The van der Waals surface area contributed by atoms with Gasteiger partial charge in [-0.3, -0.25) is 4.79 Å². The quantitative estimate of drug-likeness (QED) is 0.785. The van der Waals surface area contributed by atoms with Crippen LogP contribution in [0.1, 0.15) is 38.5 Å². The van der Waals surface area contributed by atoms with Gasteiger partial charge in [-0.25, -0.2) is 0 Å². The highest BCUT2D eigenvalue weighted by Gasteiger charge is 2.20. The first-order valence-electron chi connectivity index (χ1n) is 7.57. The fourth-order valence-electron chi connectivity index (χ4n) is 2.93. The summed E-state index contributed by atoms with van der Waals surface area (Å²) < 4.78 is 0. The molecular weight excluding hydrogens is 226 g/mol. The molecule has 0 radical (unpaired) electrons. The molecule has 1 amide bonds. The molecule has 0 aliphatic carbocycles. The van der Waals surface area contributed by atoms with Crippen molar-refractivity contribution in [1.82, 2.24) is 15.5 Å². The lowest BCUT2D eigenvalue weighted by Crippen LogP contribution is -2.41. The number of nitrogens with zero attached hydrogens (tertiary/aromatic N) is 1. The van der Waals surface area contributed by atoms with E-state index in [1.54, 1.807) is 0 Å². The summed E-state index contributed by atoms with van der Waals surface area (Å²) in [6, 6.07) is 0. The summed E-state index contributed by atoms with van der Waals surface area (Å²) >= 11 is 0. The highest BCUT2D eigenvalue weighted by Crippen LogP contribution is 2.11. The molecule has 2 fully saturated rings. The standard InChI is InChI=1S/C14H27N3O/c18-14(13-5-7-15-8-6-13)16-9-12-17-10-3-1-2-4-11-17/h13,15H,1-12H2,(H,16,18). The molecular formula is C14H27N3O. The molecule has 2 N–H and O–H groups in total. The van der Waals surface area contributed by atoms with E-state index in [1.165, 1.54) is 38.8 Å². The molecule has 0 aromatic heterocycles. The molecule has 104 valence electrons. The van der Waals surface area contributed by atoms with Crippen LogP contribution in [0.4, 0.5) is 0 Å². The summed E-state index contributed by atoms with van der Waals surface area (Å²) in [5.41, 5.74) is 0. The fourth-order valence-corrected chi connectivity index (χ4v) is 2.93. The molecule has 2 aliphatic heterocycles. The molecule has 2 heterocycles. The second-order valence-electron chi connectivity index (χ2n) is 5.57. The van der Waals surface area contributed by atoms with Crippen molar-refractivity contribution in [2.24, 2.45) is 5.92 Å². The van der Waals surface area contributed by atoms with E-state index in [4.69, 9.17) is 0 Å². The Labute approximate surface area is 110 Å². The summed E-state index contributed by atoms with van der Waals surface area (Å²) in [5.74, 6) is 0.515. The molecule has 4 nitrogen and oxygen atoms in total. The number of hydrogen-bond acceptors (Lipinski definition) is 3. The number of carbonyl (C=O) groups excluding carboxylic acids is 1. The van der Waals surface area contributed by atoms with Crippen molar-refractivity contribution >= 4 is 5.91 Å². The Morgan fingerprint density at radius 2 is 1.78 bits per heavy atom. The summed E-state index contributed by atoms with van der Waals surface area (Å²) in [6.45, 7) is 6.25. The first-order valence-corrected chi connectivity index (χ1v) is 7.57. The second-order valence-corrected chi connectivity index (χ2v) is 5.57. The number of hydrogen-bond donors (Lipinski definition) is 2. The minimum atomic E-state index is 0.246. The molecule has 0 bridgehead atoms. The number of amides is 1. The smallest absolute Gasteiger partial charge is 0.223 e. The van der Waals surface area contributed by atoms with E-state index >= 15 is 0 Å². The van der Waals surface area contributed by atoms with Crippen LogP contribution >= 0.6 is 0 Å². The number of piperidine rings is 1. The van der Waals surface area contributed by atoms with Crippen LogP contribution in [0, 0.1) is 5.92 Å². The van der Waals surface area contributed by atoms with Crippen molar-refractivity contribution in [3.05, 3.63) is 0 Å². The molecule has 2 saturated heterocycles. The van der Waals surface area contributed by atoms with Gasteiger partial charge >= 0.3 is 0 Å². The molecule has 0 atom stereocenters. The molecule has 0 spiro atoms. The Morgan fingerprint density at radius 3 is 2.44 bits per heavy atom. The van der Waals surface area contributed by atoms with Crippen LogP contribution in [0.5, 0.6) is 0 Å². The molecule has 0 saturated carbocycles. The number of carbonyl (C=O) groups is 1. The van der Waals surface area contributed by atoms with Crippen LogP contribution in [0.3, 0.4) is 0 Å². The Kier molecular flexibility index (Phi) is 5.94. The first-order chi connectivity index (χ1) is 8.86. The molecule has 0 unspecified atom stereocenters. The zero-order valence-electron chi connectivity index (χ0n) is 11.4. The van der Waals surface area contributed by atoms with Crippen molar-refractivity contribution in [1.29, 1.82) is 0 Å². The van der Waals surface area contributed by atoms with Gasteiger partial charge in [0.1, 0.15) is 0 Å². The summed E-state index contributed by atoms with van der Waals surface area (Å²) in [7, 11) is 0. The lowest BCUT2D eigenvalue weighted by molar-refractivity contribution is -0.125. The van der Waals surface area contributed by atoms with Gasteiger partial charge < -0.3 is 15.5 Å². The monoisotopic (exact) mass is 253 g/mol. The molecule has 2 rings (SSSR count). The lowest BCUT2D eigenvalue weighted by Gasteiger charge is -2.23. The average molecular weight is 253 g/mol. The van der Waals surface area contributed by atoms with E-state index in [-0.39, 0.29) is 11.8 Å². The lowest BCUT2D eigenvalue weighted by atomic mass is 9.97. The topological polar surface area (TPSA) is 44.4 Å². The Balaban J connectivity index is 1.60. The van der Waals surface area contributed by atoms with Crippen molar-refractivity contribution < 1.29 is 4.79 Å². The first kappa shape index (κ1) is 13.8. The van der Waals surface area contributed by atoms with Crippen LogP contribution in [0.15, 0.2) is 0 Å². The Bertz CT molecular complexity index is 243. The van der Waals surface area contributed by atoms with Gasteiger partial charge in [0, 0.05) is 19.0 Å². The molecule has 4 heteroatoms. The van der Waals surface area contributed by atoms with E-state index in [9.17, 15) is 4.79 Å². The van der Waals surface area contributed by atoms with Crippen molar-refractivity contribution in [2.75, 3.05) is 39.3 Å². The number of rotatable bonds is 4. The van der Waals surface area contributed by atoms with Gasteiger partial charge in [0.2, 0.25) is 5.91 Å². The highest BCUT2D eigenvalue weighted by molar-refractivity contribution is 5.78. The van der Waals surface area contributed by atoms with E-state index in [0.717, 1.165) is 39.0 Å². The van der Waals surface area contributed by atoms with E-state index in [2.05, 4.69) is 15.5 Å². The van der Waals surface area contributed by atoms with Gasteiger partial charge in [0.05, 0.1) is 0 Å². The largest absolute Gasteiger partial charge is 0.355 e. The number of nitrogens with one attached hydrogen (secondary N) is 2. The third-order valence-corrected chi connectivity index (χ3v) is 4.14. The molecule has 2 aliphatic rings. The third kappa shape index (κ3) is 4.58. The molecule has 18 heavy (non-hydrogen) atoms. The molecule has 0 aromatic rings. The summed E-state index contributed by atoms with van der Waals surface area (Å²) in [5, 5.41) is 6.41. The predicted octanol–water partition coefficient (Wildman–Crippen LogP) is 0.978. The highest BCUT2D eigenvalue weighted by atomic mass is 16.1. The maximum absolute atomic E-state index is 12.0. The van der Waals surface area contributed by atoms with Crippen LogP contribution in [0.25, 0.3) is 0 Å². The number of likely N-dealkylation sites (tertiary alicyclic amines) is 1. The summed E-state index contributed by atoms with van der Waals surface area (Å²) in [6.07, 6.45) is 7.38. The van der Waals surface area contributed by atoms with Crippen LogP contribution < -0.4 is 10.6 Å². The fraction of sp³-hybridized carbons (Fsp3) is 0.929. The maximum Gasteiger partial charge on any atom is 0.223 e. The SMILES string of the molecule is O=C(NCCN1CCCCCC1)C1CCNCC1. The third-order valence-electron chi connectivity index (χ3n) is 4.14.